The molecule has 0 saturated heterocycles. The predicted octanol–water partition coefficient (Wildman–Crippen LogP) is 3.20. The Bertz CT molecular complexity index is 1200. The van der Waals surface area contributed by atoms with E-state index in [1.165, 1.54) is 12.1 Å². The van der Waals surface area contributed by atoms with Crippen LogP contribution < -0.4 is 5.43 Å². The maximum atomic E-state index is 13.3. The molecule has 1 amide bonds. The van der Waals surface area contributed by atoms with Crippen LogP contribution in [0.4, 0.5) is 5.69 Å². The maximum Gasteiger partial charge on any atom is 0.290 e. The summed E-state index contributed by atoms with van der Waals surface area (Å²) in [6.07, 6.45) is 0.686. The number of nitrogens with zero attached hydrogens (tertiary/aromatic N) is 3. The second-order valence-electron chi connectivity index (χ2n) is 7.58. The van der Waals surface area contributed by atoms with Crippen molar-refractivity contribution < 1.29 is 14.1 Å². The van der Waals surface area contributed by atoms with Crippen molar-refractivity contribution >= 4 is 22.6 Å². The quantitative estimate of drug-likeness (QED) is 0.460. The van der Waals surface area contributed by atoms with Crippen molar-refractivity contribution in [3.63, 3.8) is 0 Å². The molecule has 0 fully saturated rings. The SMILES string of the molecule is CN(C)CCCN1C(=O)c2oc3ccccc3c(=O)c2[C@H]1c1cccc([N+](=O)[O-])c1. The molecule has 1 aliphatic rings. The van der Waals surface area contributed by atoms with Gasteiger partial charge in [0.2, 0.25) is 5.76 Å². The summed E-state index contributed by atoms with van der Waals surface area (Å²) < 4.78 is 5.85. The number of amides is 1. The van der Waals surface area contributed by atoms with Crippen molar-refractivity contribution in [1.82, 2.24) is 9.80 Å². The molecule has 0 N–H and O–H groups in total. The topological polar surface area (TPSA) is 96.9 Å². The van der Waals surface area contributed by atoms with E-state index in [0.29, 0.717) is 29.5 Å². The molecule has 0 spiro atoms. The van der Waals surface area contributed by atoms with Crippen LogP contribution in [0.3, 0.4) is 0 Å². The van der Waals surface area contributed by atoms with Crippen LogP contribution in [0, 0.1) is 10.1 Å². The van der Waals surface area contributed by atoms with Crippen molar-refractivity contribution in [1.29, 1.82) is 0 Å². The molecule has 1 aliphatic heterocycles. The number of para-hydroxylation sites is 1. The van der Waals surface area contributed by atoms with Gasteiger partial charge in [0.15, 0.2) is 5.43 Å². The van der Waals surface area contributed by atoms with Gasteiger partial charge in [-0.2, -0.15) is 0 Å². The van der Waals surface area contributed by atoms with E-state index in [2.05, 4.69) is 0 Å². The van der Waals surface area contributed by atoms with Gasteiger partial charge in [0.1, 0.15) is 5.58 Å². The van der Waals surface area contributed by atoms with Crippen LogP contribution in [0.5, 0.6) is 0 Å². The fraction of sp³-hybridized carbons (Fsp3) is 0.273. The molecule has 8 heteroatoms. The molecule has 1 atom stereocenters. The van der Waals surface area contributed by atoms with Crippen LogP contribution in [0.2, 0.25) is 0 Å². The Hall–Kier alpha value is -3.52. The van der Waals surface area contributed by atoms with Crippen LogP contribution in [-0.4, -0.2) is 47.8 Å². The molecule has 2 heterocycles. The first kappa shape index (κ1) is 19.8. The molecule has 154 valence electrons. The first-order valence-corrected chi connectivity index (χ1v) is 9.64. The van der Waals surface area contributed by atoms with E-state index in [1.807, 2.05) is 19.0 Å². The molecule has 0 unspecified atom stereocenters. The zero-order chi connectivity index (χ0) is 21.4. The van der Waals surface area contributed by atoms with Crippen molar-refractivity contribution in [2.24, 2.45) is 0 Å². The minimum Gasteiger partial charge on any atom is -0.450 e. The molecular weight excluding hydrogens is 386 g/mol. The number of fused-ring (bicyclic) bond motifs is 2. The van der Waals surface area contributed by atoms with Crippen LogP contribution >= 0.6 is 0 Å². The maximum absolute atomic E-state index is 13.3. The number of nitro benzene ring substituents is 1. The largest absolute Gasteiger partial charge is 0.450 e. The third kappa shape index (κ3) is 3.35. The molecule has 3 aromatic rings. The lowest BCUT2D eigenvalue weighted by Gasteiger charge is -2.25. The molecule has 2 aromatic carbocycles. The van der Waals surface area contributed by atoms with Crippen molar-refractivity contribution in [3.8, 4) is 0 Å². The number of nitro groups is 1. The van der Waals surface area contributed by atoms with Crippen LogP contribution in [-0.2, 0) is 0 Å². The standard InChI is InChI=1S/C22H21N3O5/c1-23(2)11-6-12-24-19(14-7-5-8-15(13-14)25(28)29)18-20(26)16-9-3-4-10-17(16)30-21(18)22(24)27/h3-5,7-10,13,19H,6,11-12H2,1-2H3/t19-/m1/s1. The van der Waals surface area contributed by atoms with Gasteiger partial charge < -0.3 is 14.2 Å². The average molecular weight is 407 g/mol. The Morgan fingerprint density at radius 2 is 1.90 bits per heavy atom. The highest BCUT2D eigenvalue weighted by molar-refractivity contribution is 5.99. The summed E-state index contributed by atoms with van der Waals surface area (Å²) in [5.74, 6) is -0.358. The molecule has 0 bridgehead atoms. The van der Waals surface area contributed by atoms with Crippen LogP contribution in [0.1, 0.15) is 34.1 Å². The van der Waals surface area contributed by atoms with Gasteiger partial charge in [0.25, 0.3) is 11.6 Å². The minimum atomic E-state index is -0.726. The van der Waals surface area contributed by atoms with E-state index in [9.17, 15) is 19.7 Å². The monoisotopic (exact) mass is 407 g/mol. The number of non-ortho nitro benzene ring substituents is 1. The number of hydrogen-bond donors (Lipinski definition) is 0. The highest BCUT2D eigenvalue weighted by Gasteiger charge is 2.42. The Balaban J connectivity index is 1.89. The van der Waals surface area contributed by atoms with Crippen molar-refractivity contribution in [2.75, 3.05) is 27.2 Å². The van der Waals surface area contributed by atoms with Gasteiger partial charge in [-0.1, -0.05) is 24.3 Å². The van der Waals surface area contributed by atoms with Gasteiger partial charge >= 0.3 is 0 Å². The van der Waals surface area contributed by atoms with Gasteiger partial charge in [-0.05, 0) is 44.8 Å². The van der Waals surface area contributed by atoms with E-state index in [-0.39, 0.29) is 28.3 Å². The molecule has 0 saturated carbocycles. The van der Waals surface area contributed by atoms with E-state index >= 15 is 0 Å². The fourth-order valence-corrected chi connectivity index (χ4v) is 3.91. The second kappa shape index (κ2) is 7.72. The van der Waals surface area contributed by atoms with E-state index in [0.717, 1.165) is 6.54 Å². The normalized spacial score (nSPS) is 15.8. The molecule has 0 radical (unpaired) electrons. The number of rotatable bonds is 6. The molecule has 8 nitrogen and oxygen atoms in total. The Labute approximate surface area is 172 Å². The Kier molecular flexibility index (Phi) is 5.09. The lowest BCUT2D eigenvalue weighted by Crippen LogP contribution is -2.32. The minimum absolute atomic E-state index is 0.0139. The summed E-state index contributed by atoms with van der Waals surface area (Å²) in [6.45, 7) is 1.15. The first-order valence-electron chi connectivity index (χ1n) is 9.64. The Morgan fingerprint density at radius 1 is 1.13 bits per heavy atom. The lowest BCUT2D eigenvalue weighted by molar-refractivity contribution is -0.384. The van der Waals surface area contributed by atoms with Gasteiger partial charge in [-0.15, -0.1) is 0 Å². The summed E-state index contributed by atoms with van der Waals surface area (Å²) >= 11 is 0. The molecule has 0 aliphatic carbocycles. The van der Waals surface area contributed by atoms with Gasteiger partial charge in [0, 0.05) is 18.7 Å². The summed E-state index contributed by atoms with van der Waals surface area (Å²) in [5.41, 5.74) is 0.731. The molecular formula is C22H21N3O5. The van der Waals surface area contributed by atoms with Gasteiger partial charge in [-0.25, -0.2) is 0 Å². The van der Waals surface area contributed by atoms with E-state index in [4.69, 9.17) is 4.42 Å². The summed E-state index contributed by atoms with van der Waals surface area (Å²) in [5, 5.41) is 11.7. The summed E-state index contributed by atoms with van der Waals surface area (Å²) in [7, 11) is 3.88. The third-order valence-corrected chi connectivity index (χ3v) is 5.27. The van der Waals surface area contributed by atoms with E-state index < -0.39 is 11.0 Å². The van der Waals surface area contributed by atoms with Crippen molar-refractivity contribution in [2.45, 2.75) is 12.5 Å². The number of carbonyl (C=O) groups is 1. The highest BCUT2D eigenvalue weighted by atomic mass is 16.6. The zero-order valence-electron chi connectivity index (χ0n) is 16.7. The highest BCUT2D eigenvalue weighted by Crippen LogP contribution is 2.39. The third-order valence-electron chi connectivity index (χ3n) is 5.27. The molecule has 30 heavy (non-hydrogen) atoms. The van der Waals surface area contributed by atoms with Gasteiger partial charge in [-0.3, -0.25) is 19.7 Å². The molecule has 4 rings (SSSR count). The first-order chi connectivity index (χ1) is 14.4. The van der Waals surface area contributed by atoms with Crippen LogP contribution in [0.25, 0.3) is 11.0 Å². The lowest BCUT2D eigenvalue weighted by atomic mass is 9.98. The second-order valence-corrected chi connectivity index (χ2v) is 7.58. The summed E-state index contributed by atoms with van der Waals surface area (Å²) in [6, 6.07) is 12.1. The Morgan fingerprint density at radius 3 is 2.63 bits per heavy atom. The smallest absolute Gasteiger partial charge is 0.290 e. The fourth-order valence-electron chi connectivity index (χ4n) is 3.91. The predicted molar refractivity (Wildman–Crippen MR) is 112 cm³/mol. The molecule has 1 aromatic heterocycles. The van der Waals surface area contributed by atoms with Crippen LogP contribution in [0.15, 0.2) is 57.7 Å². The summed E-state index contributed by atoms with van der Waals surface area (Å²) in [4.78, 5) is 40.9. The number of hydrogen-bond acceptors (Lipinski definition) is 6. The zero-order valence-corrected chi connectivity index (χ0v) is 16.7. The van der Waals surface area contributed by atoms with E-state index in [1.54, 1.807) is 41.3 Å². The average Bonchev–Trinajstić information content (AvgIpc) is 3.00. The number of benzene rings is 2. The van der Waals surface area contributed by atoms with Gasteiger partial charge in [0.05, 0.1) is 21.9 Å². The number of carbonyl (C=O) groups excluding carboxylic acids is 1. The van der Waals surface area contributed by atoms with Crippen molar-refractivity contribution in [3.05, 3.63) is 85.8 Å².